The first kappa shape index (κ1) is 22.1. The second-order valence-corrected chi connectivity index (χ2v) is 9.88. The fourth-order valence-corrected chi connectivity index (χ4v) is 5.01. The van der Waals surface area contributed by atoms with Gasteiger partial charge in [0.2, 0.25) is 6.79 Å². The van der Waals surface area contributed by atoms with Gasteiger partial charge in [-0.05, 0) is 61.6 Å². The van der Waals surface area contributed by atoms with Crippen LogP contribution >= 0.6 is 11.6 Å². The highest BCUT2D eigenvalue weighted by Gasteiger charge is 2.26. The highest BCUT2D eigenvalue weighted by molar-refractivity contribution is 6.31. The van der Waals surface area contributed by atoms with Gasteiger partial charge in [-0.15, -0.1) is 0 Å². The van der Waals surface area contributed by atoms with Crippen LogP contribution in [0, 0.1) is 5.92 Å². The van der Waals surface area contributed by atoms with Crippen LogP contribution in [-0.2, 0) is 6.54 Å². The van der Waals surface area contributed by atoms with E-state index in [9.17, 15) is 4.79 Å². The highest BCUT2D eigenvalue weighted by atomic mass is 35.5. The Morgan fingerprint density at radius 2 is 1.94 bits per heavy atom. The summed E-state index contributed by atoms with van der Waals surface area (Å²) in [5, 5.41) is 0.710. The van der Waals surface area contributed by atoms with Crippen LogP contribution in [0.1, 0.15) is 68.2 Å². The molecule has 1 aliphatic carbocycles. The molecule has 174 valence electrons. The van der Waals surface area contributed by atoms with E-state index in [1.807, 2.05) is 35.2 Å². The zero-order valence-corrected chi connectivity index (χ0v) is 20.0. The SMILES string of the molecule is CC(C)CCN(Cc1nc2ccc(Cl)cc2n1C1CCCC1)C(=O)c1ccc2c(c1)OCO2. The minimum atomic E-state index is -0.0167. The van der Waals surface area contributed by atoms with Gasteiger partial charge in [0, 0.05) is 23.2 Å². The van der Waals surface area contributed by atoms with Crippen LogP contribution in [0.3, 0.4) is 0 Å². The Morgan fingerprint density at radius 3 is 2.73 bits per heavy atom. The topological polar surface area (TPSA) is 56.6 Å². The van der Waals surface area contributed by atoms with Crippen LogP contribution in [0.2, 0.25) is 5.02 Å². The molecule has 2 aromatic carbocycles. The number of carbonyl (C=O) groups is 1. The number of rotatable bonds is 7. The summed E-state index contributed by atoms with van der Waals surface area (Å²) in [7, 11) is 0. The van der Waals surface area contributed by atoms with Crippen molar-refractivity contribution in [2.75, 3.05) is 13.3 Å². The molecular weight excluding hydrogens is 438 g/mol. The van der Waals surface area contributed by atoms with Crippen molar-refractivity contribution in [2.24, 2.45) is 5.92 Å². The summed E-state index contributed by atoms with van der Waals surface area (Å²) in [5.74, 6) is 2.70. The van der Waals surface area contributed by atoms with E-state index in [2.05, 4.69) is 18.4 Å². The third kappa shape index (κ3) is 4.54. The smallest absolute Gasteiger partial charge is 0.254 e. The van der Waals surface area contributed by atoms with Crippen molar-refractivity contribution in [3.63, 3.8) is 0 Å². The third-order valence-electron chi connectivity index (χ3n) is 6.63. The number of benzene rings is 2. The number of nitrogens with zero attached hydrogens (tertiary/aromatic N) is 3. The van der Waals surface area contributed by atoms with Gasteiger partial charge in [0.05, 0.1) is 17.6 Å². The molecule has 1 amide bonds. The Bertz CT molecular complexity index is 1170. The Hall–Kier alpha value is -2.73. The number of aromatic nitrogens is 2. The van der Waals surface area contributed by atoms with Crippen LogP contribution in [0.25, 0.3) is 11.0 Å². The lowest BCUT2D eigenvalue weighted by Crippen LogP contribution is -2.33. The fourth-order valence-electron chi connectivity index (χ4n) is 4.85. The molecule has 6 nitrogen and oxygen atoms in total. The van der Waals surface area contributed by atoms with Crippen LogP contribution in [0.15, 0.2) is 36.4 Å². The Labute approximate surface area is 199 Å². The summed E-state index contributed by atoms with van der Waals surface area (Å²) in [6, 6.07) is 11.7. The molecule has 0 N–H and O–H groups in total. The Kier molecular flexibility index (Phi) is 6.19. The van der Waals surface area contributed by atoms with E-state index in [1.54, 1.807) is 6.07 Å². The standard InChI is InChI=1S/C26H30ClN3O3/c1-17(2)11-12-29(26(31)18-7-10-23-24(13-18)33-16-32-23)15-25-28-21-9-8-19(27)14-22(21)30(25)20-5-3-4-6-20/h7-10,13-14,17,20H,3-6,11-12,15-16H2,1-2H3. The van der Waals surface area contributed by atoms with Crippen molar-refractivity contribution in [1.29, 1.82) is 0 Å². The van der Waals surface area contributed by atoms with Gasteiger partial charge in [0.1, 0.15) is 5.82 Å². The summed E-state index contributed by atoms with van der Waals surface area (Å²) < 4.78 is 13.3. The van der Waals surface area contributed by atoms with Crippen LogP contribution in [0.4, 0.5) is 0 Å². The predicted octanol–water partition coefficient (Wildman–Crippen LogP) is 6.22. The molecule has 0 spiro atoms. The number of fused-ring (bicyclic) bond motifs is 2. The molecule has 1 aliphatic heterocycles. The van der Waals surface area contributed by atoms with Crippen LogP contribution in [0.5, 0.6) is 11.5 Å². The quantitative estimate of drug-likeness (QED) is 0.413. The summed E-state index contributed by atoms with van der Waals surface area (Å²) in [6.45, 7) is 5.68. The first-order chi connectivity index (χ1) is 16.0. The third-order valence-corrected chi connectivity index (χ3v) is 6.86. The lowest BCUT2D eigenvalue weighted by molar-refractivity contribution is 0.0728. The molecule has 2 heterocycles. The minimum Gasteiger partial charge on any atom is -0.454 e. The summed E-state index contributed by atoms with van der Waals surface area (Å²) in [6.07, 6.45) is 5.63. The normalized spacial score (nSPS) is 15.6. The summed E-state index contributed by atoms with van der Waals surface area (Å²) in [4.78, 5) is 20.5. The number of imidazole rings is 1. The highest BCUT2D eigenvalue weighted by Crippen LogP contribution is 2.36. The van der Waals surface area contributed by atoms with E-state index in [4.69, 9.17) is 26.1 Å². The number of carbonyl (C=O) groups excluding carboxylic acids is 1. The molecule has 0 radical (unpaired) electrons. The molecule has 3 aromatic rings. The van der Waals surface area contributed by atoms with E-state index >= 15 is 0 Å². The fraction of sp³-hybridized carbons (Fsp3) is 0.462. The molecule has 0 unspecified atom stereocenters. The maximum atomic E-state index is 13.6. The first-order valence-corrected chi connectivity index (χ1v) is 12.2. The van der Waals surface area contributed by atoms with E-state index in [0.29, 0.717) is 47.1 Å². The largest absolute Gasteiger partial charge is 0.454 e. The van der Waals surface area contributed by atoms with E-state index in [-0.39, 0.29) is 12.7 Å². The number of ether oxygens (including phenoxy) is 2. The van der Waals surface area contributed by atoms with E-state index in [0.717, 1.165) is 36.1 Å². The van der Waals surface area contributed by atoms with Gasteiger partial charge in [0.25, 0.3) is 5.91 Å². The van der Waals surface area contributed by atoms with Crippen LogP contribution < -0.4 is 9.47 Å². The molecule has 1 fully saturated rings. The van der Waals surface area contributed by atoms with Crippen molar-refractivity contribution >= 4 is 28.5 Å². The maximum absolute atomic E-state index is 13.6. The molecule has 0 atom stereocenters. The van der Waals surface area contributed by atoms with Crippen molar-refractivity contribution in [3.05, 3.63) is 52.8 Å². The van der Waals surface area contributed by atoms with Crippen molar-refractivity contribution in [3.8, 4) is 11.5 Å². The zero-order chi connectivity index (χ0) is 22.9. The van der Waals surface area contributed by atoms with Crippen molar-refractivity contribution in [1.82, 2.24) is 14.5 Å². The molecule has 1 saturated carbocycles. The van der Waals surface area contributed by atoms with Crippen molar-refractivity contribution in [2.45, 2.75) is 58.5 Å². The summed E-state index contributed by atoms with van der Waals surface area (Å²) >= 11 is 6.35. The van der Waals surface area contributed by atoms with Gasteiger partial charge >= 0.3 is 0 Å². The molecule has 1 aromatic heterocycles. The Balaban J connectivity index is 1.50. The first-order valence-electron chi connectivity index (χ1n) is 11.8. The zero-order valence-electron chi connectivity index (χ0n) is 19.2. The monoisotopic (exact) mass is 467 g/mol. The molecule has 2 aliphatic rings. The predicted molar refractivity (Wildman–Crippen MR) is 129 cm³/mol. The van der Waals surface area contributed by atoms with Gasteiger partial charge in [-0.1, -0.05) is 38.3 Å². The number of hydrogen-bond acceptors (Lipinski definition) is 4. The van der Waals surface area contributed by atoms with Gasteiger partial charge in [-0.3, -0.25) is 4.79 Å². The van der Waals surface area contributed by atoms with E-state index in [1.165, 1.54) is 12.8 Å². The molecule has 0 bridgehead atoms. The van der Waals surface area contributed by atoms with Gasteiger partial charge in [0.15, 0.2) is 11.5 Å². The van der Waals surface area contributed by atoms with Crippen LogP contribution in [-0.4, -0.2) is 33.7 Å². The average Bonchev–Trinajstić information content (AvgIpc) is 3.54. The second-order valence-electron chi connectivity index (χ2n) is 9.45. The van der Waals surface area contributed by atoms with Crippen molar-refractivity contribution < 1.29 is 14.3 Å². The van der Waals surface area contributed by atoms with Gasteiger partial charge < -0.3 is 18.9 Å². The van der Waals surface area contributed by atoms with Gasteiger partial charge in [-0.25, -0.2) is 4.98 Å². The molecule has 7 heteroatoms. The van der Waals surface area contributed by atoms with Gasteiger partial charge in [-0.2, -0.15) is 0 Å². The number of amides is 1. The minimum absolute atomic E-state index is 0.0167. The second kappa shape index (κ2) is 9.26. The molecule has 0 saturated heterocycles. The Morgan fingerprint density at radius 1 is 1.15 bits per heavy atom. The number of halogens is 1. The number of hydrogen-bond donors (Lipinski definition) is 0. The van der Waals surface area contributed by atoms with E-state index < -0.39 is 0 Å². The molecule has 5 rings (SSSR count). The lowest BCUT2D eigenvalue weighted by atomic mass is 10.1. The maximum Gasteiger partial charge on any atom is 0.254 e. The average molecular weight is 468 g/mol. The molecular formula is C26H30ClN3O3. The molecule has 33 heavy (non-hydrogen) atoms. The lowest BCUT2D eigenvalue weighted by Gasteiger charge is -2.25. The summed E-state index contributed by atoms with van der Waals surface area (Å²) in [5.41, 5.74) is 2.60.